The van der Waals surface area contributed by atoms with Gasteiger partial charge in [0, 0.05) is 11.1 Å². The van der Waals surface area contributed by atoms with Crippen LogP contribution >= 0.6 is 0 Å². The Morgan fingerprint density at radius 1 is 0.893 bits per heavy atom. The second-order valence-corrected chi connectivity index (χ2v) is 6.57. The van der Waals surface area contributed by atoms with E-state index in [0.717, 1.165) is 16.7 Å². The van der Waals surface area contributed by atoms with E-state index in [1.807, 2.05) is 81.5 Å². The molecular formula is C25H25FN2. The molecule has 0 aliphatic carbocycles. The van der Waals surface area contributed by atoms with E-state index in [4.69, 9.17) is 10.8 Å². The van der Waals surface area contributed by atoms with Gasteiger partial charge in [0.05, 0.1) is 11.4 Å². The molecule has 0 heterocycles. The molecule has 0 aliphatic rings. The molecule has 0 bridgehead atoms. The summed E-state index contributed by atoms with van der Waals surface area (Å²) in [7, 11) is 0. The van der Waals surface area contributed by atoms with E-state index in [0.29, 0.717) is 11.1 Å². The van der Waals surface area contributed by atoms with E-state index in [1.54, 1.807) is 0 Å². The molecule has 3 heteroatoms. The molecule has 0 unspecified atom stereocenters. The van der Waals surface area contributed by atoms with Gasteiger partial charge in [-0.25, -0.2) is 4.39 Å². The number of nitrogens with one attached hydrogen (secondary N) is 2. The largest absolute Gasteiger partial charge is 0.298 e. The van der Waals surface area contributed by atoms with Crippen LogP contribution in [0.5, 0.6) is 0 Å². The molecular weight excluding hydrogens is 347 g/mol. The van der Waals surface area contributed by atoms with Gasteiger partial charge in [-0.2, -0.15) is 0 Å². The van der Waals surface area contributed by atoms with Crippen molar-refractivity contribution in [2.75, 3.05) is 0 Å². The van der Waals surface area contributed by atoms with Crippen LogP contribution in [-0.2, 0) is 0 Å². The van der Waals surface area contributed by atoms with Crippen molar-refractivity contribution in [1.29, 1.82) is 10.8 Å². The molecule has 0 fully saturated rings. The second kappa shape index (κ2) is 10.1. The normalized spacial score (nSPS) is 12.1. The fraction of sp³-hybridized carbons (Fsp3) is 0.120. The zero-order chi connectivity index (χ0) is 20.5. The van der Waals surface area contributed by atoms with Crippen LogP contribution < -0.4 is 0 Å². The third kappa shape index (κ3) is 5.85. The number of benzene rings is 2. The zero-order valence-electron chi connectivity index (χ0n) is 16.5. The van der Waals surface area contributed by atoms with Gasteiger partial charge in [-0.15, -0.1) is 0 Å². The van der Waals surface area contributed by atoms with Crippen LogP contribution in [0.25, 0.3) is 6.08 Å². The third-order valence-electron chi connectivity index (χ3n) is 4.11. The molecule has 0 aromatic heterocycles. The van der Waals surface area contributed by atoms with Crippen LogP contribution in [0.1, 0.15) is 31.9 Å². The van der Waals surface area contributed by atoms with Crippen molar-refractivity contribution in [3.05, 3.63) is 113 Å². The summed E-state index contributed by atoms with van der Waals surface area (Å²) in [5.41, 5.74) is 4.31. The molecule has 0 aliphatic heterocycles. The van der Waals surface area contributed by atoms with Gasteiger partial charge in [-0.1, -0.05) is 66.3 Å². The third-order valence-corrected chi connectivity index (χ3v) is 4.11. The Bertz CT molecular complexity index is 955. The van der Waals surface area contributed by atoms with Crippen LogP contribution in [0, 0.1) is 16.6 Å². The predicted octanol–water partition coefficient (Wildman–Crippen LogP) is 6.77. The molecule has 0 amide bonds. The van der Waals surface area contributed by atoms with E-state index >= 15 is 0 Å². The van der Waals surface area contributed by atoms with E-state index in [2.05, 4.69) is 0 Å². The van der Waals surface area contributed by atoms with Gasteiger partial charge in [0.2, 0.25) is 0 Å². The standard InChI is InChI=1S/C25H25FN2/c1-4-20(12-11-19-8-6-5-7-9-19)23(17-10-18(2)3)25(28)24(27)21-13-15-22(26)16-14-21/h4-17,27-28H,1-3H3/b12-11?,20-4?,23-17+,27-24?,28-25?. The number of hydrogen-bond donors (Lipinski definition) is 2. The maximum absolute atomic E-state index is 13.2. The molecule has 2 nitrogen and oxygen atoms in total. The first-order valence-corrected chi connectivity index (χ1v) is 9.11. The average Bonchev–Trinajstić information content (AvgIpc) is 2.70. The van der Waals surface area contributed by atoms with Crippen LogP contribution in [-0.4, -0.2) is 11.4 Å². The summed E-state index contributed by atoms with van der Waals surface area (Å²) in [6.07, 6.45) is 9.66. The summed E-state index contributed by atoms with van der Waals surface area (Å²) in [5.74, 6) is -0.358. The molecule has 142 valence electrons. The summed E-state index contributed by atoms with van der Waals surface area (Å²) >= 11 is 0. The minimum Gasteiger partial charge on any atom is -0.298 e. The second-order valence-electron chi connectivity index (χ2n) is 6.57. The fourth-order valence-electron chi connectivity index (χ4n) is 2.56. The lowest BCUT2D eigenvalue weighted by Gasteiger charge is -2.12. The Morgan fingerprint density at radius 3 is 2.11 bits per heavy atom. The quantitative estimate of drug-likeness (QED) is 0.398. The Morgan fingerprint density at radius 2 is 1.54 bits per heavy atom. The van der Waals surface area contributed by atoms with Gasteiger partial charge < -0.3 is 0 Å². The molecule has 28 heavy (non-hydrogen) atoms. The molecule has 2 aromatic carbocycles. The first kappa shape index (κ1) is 21.0. The maximum atomic E-state index is 13.2. The van der Waals surface area contributed by atoms with Gasteiger partial charge in [-0.3, -0.25) is 10.8 Å². The highest BCUT2D eigenvalue weighted by Crippen LogP contribution is 2.19. The van der Waals surface area contributed by atoms with E-state index < -0.39 is 0 Å². The average molecular weight is 372 g/mol. The predicted molar refractivity (Wildman–Crippen MR) is 118 cm³/mol. The van der Waals surface area contributed by atoms with Crippen LogP contribution in [0.3, 0.4) is 0 Å². The first-order chi connectivity index (χ1) is 13.4. The summed E-state index contributed by atoms with van der Waals surface area (Å²) in [6, 6.07) is 15.6. The Kier molecular flexibility index (Phi) is 7.58. The SMILES string of the molecule is CC=C(C=Cc1ccccc1)/C(=C\C=C(C)C)C(=N)C(=N)c1ccc(F)cc1. The lowest BCUT2D eigenvalue weighted by Crippen LogP contribution is -2.17. The summed E-state index contributed by atoms with van der Waals surface area (Å²) in [6.45, 7) is 5.88. The molecule has 2 aromatic rings. The lowest BCUT2D eigenvalue weighted by molar-refractivity contribution is 0.628. The topological polar surface area (TPSA) is 47.7 Å². The monoisotopic (exact) mass is 372 g/mol. The van der Waals surface area contributed by atoms with E-state index in [-0.39, 0.29) is 17.2 Å². The Balaban J connectivity index is 2.40. The van der Waals surface area contributed by atoms with Crippen molar-refractivity contribution in [3.63, 3.8) is 0 Å². The Labute approximate surface area is 166 Å². The summed E-state index contributed by atoms with van der Waals surface area (Å²) in [5, 5.41) is 17.0. The van der Waals surface area contributed by atoms with Crippen LogP contribution in [0.4, 0.5) is 4.39 Å². The summed E-state index contributed by atoms with van der Waals surface area (Å²) in [4.78, 5) is 0. The molecule has 2 N–H and O–H groups in total. The van der Waals surface area contributed by atoms with E-state index in [9.17, 15) is 4.39 Å². The van der Waals surface area contributed by atoms with Crippen molar-refractivity contribution in [2.24, 2.45) is 0 Å². The molecule has 0 radical (unpaired) electrons. The zero-order valence-corrected chi connectivity index (χ0v) is 16.5. The van der Waals surface area contributed by atoms with Crippen molar-refractivity contribution >= 4 is 17.5 Å². The maximum Gasteiger partial charge on any atom is 0.123 e. The minimum atomic E-state index is -0.358. The highest BCUT2D eigenvalue weighted by molar-refractivity contribution is 6.52. The van der Waals surface area contributed by atoms with Gasteiger partial charge in [-0.05, 0) is 56.2 Å². The van der Waals surface area contributed by atoms with Gasteiger partial charge >= 0.3 is 0 Å². The highest BCUT2D eigenvalue weighted by Gasteiger charge is 2.15. The van der Waals surface area contributed by atoms with Gasteiger partial charge in [0.15, 0.2) is 0 Å². The van der Waals surface area contributed by atoms with Crippen molar-refractivity contribution in [1.82, 2.24) is 0 Å². The fourth-order valence-corrected chi connectivity index (χ4v) is 2.56. The van der Waals surface area contributed by atoms with Crippen LogP contribution in [0.15, 0.2) is 95.6 Å². The Hall–Kier alpha value is -3.33. The lowest BCUT2D eigenvalue weighted by atomic mass is 9.93. The minimum absolute atomic E-state index is 0.0564. The number of rotatable bonds is 7. The first-order valence-electron chi connectivity index (χ1n) is 9.11. The molecule has 2 rings (SSSR count). The smallest absolute Gasteiger partial charge is 0.123 e. The summed E-state index contributed by atoms with van der Waals surface area (Å²) < 4.78 is 13.2. The molecule has 0 saturated heterocycles. The van der Waals surface area contributed by atoms with Gasteiger partial charge in [0.1, 0.15) is 5.82 Å². The highest BCUT2D eigenvalue weighted by atomic mass is 19.1. The van der Waals surface area contributed by atoms with Crippen LogP contribution in [0.2, 0.25) is 0 Å². The van der Waals surface area contributed by atoms with Gasteiger partial charge in [0.25, 0.3) is 0 Å². The molecule has 0 saturated carbocycles. The molecule has 0 atom stereocenters. The number of hydrogen-bond acceptors (Lipinski definition) is 2. The van der Waals surface area contributed by atoms with Crippen molar-refractivity contribution in [3.8, 4) is 0 Å². The number of allylic oxidation sites excluding steroid dienone is 7. The molecule has 0 spiro atoms. The van der Waals surface area contributed by atoms with Crippen molar-refractivity contribution < 1.29 is 4.39 Å². The number of halogens is 1. The van der Waals surface area contributed by atoms with Crippen molar-refractivity contribution in [2.45, 2.75) is 20.8 Å². The van der Waals surface area contributed by atoms with E-state index in [1.165, 1.54) is 24.3 Å².